The Morgan fingerprint density at radius 3 is 2.86 bits per heavy atom. The fourth-order valence-corrected chi connectivity index (χ4v) is 2.12. The van der Waals surface area contributed by atoms with Crippen LogP contribution in [-0.4, -0.2) is 21.0 Å². The highest BCUT2D eigenvalue weighted by atomic mass is 16.4. The molecule has 21 heavy (non-hydrogen) atoms. The van der Waals surface area contributed by atoms with Gasteiger partial charge in [-0.05, 0) is 18.2 Å². The largest absolute Gasteiger partial charge is 0.478 e. The first-order valence-corrected chi connectivity index (χ1v) is 6.24. The van der Waals surface area contributed by atoms with Gasteiger partial charge >= 0.3 is 5.97 Å². The zero-order valence-corrected chi connectivity index (χ0v) is 10.9. The number of nitrogen functional groups attached to an aromatic ring is 1. The third-order valence-corrected chi connectivity index (χ3v) is 3.15. The van der Waals surface area contributed by atoms with E-state index in [9.17, 15) is 4.79 Å². The van der Waals surface area contributed by atoms with Crippen molar-refractivity contribution in [3.63, 3.8) is 0 Å². The van der Waals surface area contributed by atoms with Crippen LogP contribution in [0.3, 0.4) is 0 Å². The van der Waals surface area contributed by atoms with Crippen molar-refractivity contribution >= 4 is 33.9 Å². The summed E-state index contributed by atoms with van der Waals surface area (Å²) in [5.74, 6) is -0.765. The van der Waals surface area contributed by atoms with Gasteiger partial charge in [0.15, 0.2) is 5.82 Å². The number of carboxylic acids is 1. The van der Waals surface area contributed by atoms with E-state index in [0.29, 0.717) is 5.82 Å². The molecule has 3 aromatic rings. The van der Waals surface area contributed by atoms with Gasteiger partial charge in [0.1, 0.15) is 0 Å². The molecule has 3 rings (SSSR count). The minimum atomic E-state index is -1.08. The minimum absolute atomic E-state index is 0.0226. The summed E-state index contributed by atoms with van der Waals surface area (Å²) < 4.78 is 0. The number of rotatable bonds is 3. The third-order valence-electron chi connectivity index (χ3n) is 3.15. The number of carbonyl (C=O) groups is 1. The van der Waals surface area contributed by atoms with Gasteiger partial charge in [-0.15, -0.1) is 0 Å². The number of carboxylic acid groups (broad SMARTS) is 1. The first-order chi connectivity index (χ1) is 10.2. The van der Waals surface area contributed by atoms with Crippen molar-refractivity contribution in [3.8, 4) is 0 Å². The number of nitrogens with two attached hydrogens (primary N) is 1. The van der Waals surface area contributed by atoms with Crippen molar-refractivity contribution in [3.05, 3.63) is 54.5 Å². The van der Waals surface area contributed by atoms with E-state index in [4.69, 9.17) is 10.8 Å². The predicted octanol–water partition coefficient (Wildman–Crippen LogP) is 2.65. The summed E-state index contributed by atoms with van der Waals surface area (Å²) in [5.41, 5.74) is 6.78. The summed E-state index contributed by atoms with van der Waals surface area (Å²) >= 11 is 0. The van der Waals surface area contributed by atoms with Crippen molar-refractivity contribution in [2.75, 3.05) is 11.1 Å². The molecule has 6 nitrogen and oxygen atoms in total. The van der Waals surface area contributed by atoms with Crippen molar-refractivity contribution in [1.82, 2.24) is 9.97 Å². The normalized spacial score (nSPS) is 10.5. The Labute approximate surface area is 120 Å². The molecule has 0 aliphatic rings. The van der Waals surface area contributed by atoms with Crippen LogP contribution in [0.4, 0.5) is 17.2 Å². The zero-order chi connectivity index (χ0) is 14.8. The van der Waals surface area contributed by atoms with E-state index in [2.05, 4.69) is 15.3 Å². The van der Waals surface area contributed by atoms with Crippen LogP contribution in [0.2, 0.25) is 0 Å². The number of aromatic nitrogens is 2. The summed E-state index contributed by atoms with van der Waals surface area (Å²) in [4.78, 5) is 19.3. The second kappa shape index (κ2) is 5.09. The molecule has 2 heterocycles. The highest BCUT2D eigenvalue weighted by Crippen LogP contribution is 2.28. The third kappa shape index (κ3) is 2.34. The Morgan fingerprint density at radius 2 is 2.05 bits per heavy atom. The fraction of sp³-hybridized carbons (Fsp3) is 0. The van der Waals surface area contributed by atoms with Gasteiger partial charge in [0.05, 0.1) is 11.3 Å². The van der Waals surface area contributed by atoms with Crippen molar-refractivity contribution in [1.29, 1.82) is 0 Å². The lowest BCUT2D eigenvalue weighted by Crippen LogP contribution is -2.07. The number of anilines is 3. The SMILES string of the molecule is Nc1c(C(=O)O)ccnc1Nc1cccc2cnccc12. The number of pyridine rings is 2. The van der Waals surface area contributed by atoms with Crippen LogP contribution in [0.15, 0.2) is 48.9 Å². The molecule has 1 aromatic carbocycles. The zero-order valence-electron chi connectivity index (χ0n) is 10.9. The summed E-state index contributed by atoms with van der Waals surface area (Å²) in [6, 6.07) is 8.93. The predicted molar refractivity (Wildman–Crippen MR) is 80.6 cm³/mol. The van der Waals surface area contributed by atoms with E-state index in [1.807, 2.05) is 24.3 Å². The molecular formula is C15H12N4O2. The van der Waals surface area contributed by atoms with Crippen molar-refractivity contribution < 1.29 is 9.90 Å². The average Bonchev–Trinajstić information content (AvgIpc) is 2.49. The number of aromatic carboxylic acids is 1. The van der Waals surface area contributed by atoms with Crippen LogP contribution in [0.25, 0.3) is 10.8 Å². The number of hydrogen-bond donors (Lipinski definition) is 3. The van der Waals surface area contributed by atoms with Gasteiger partial charge in [-0.3, -0.25) is 4.98 Å². The second-order valence-electron chi connectivity index (χ2n) is 4.45. The van der Waals surface area contributed by atoms with Crippen LogP contribution in [0.1, 0.15) is 10.4 Å². The number of fused-ring (bicyclic) bond motifs is 1. The van der Waals surface area contributed by atoms with Crippen molar-refractivity contribution in [2.45, 2.75) is 0 Å². The first kappa shape index (κ1) is 12.9. The van der Waals surface area contributed by atoms with Gasteiger partial charge in [0.2, 0.25) is 0 Å². The van der Waals surface area contributed by atoms with Crippen LogP contribution in [-0.2, 0) is 0 Å². The van der Waals surface area contributed by atoms with E-state index in [0.717, 1.165) is 16.5 Å². The minimum Gasteiger partial charge on any atom is -0.478 e. The molecule has 0 radical (unpaired) electrons. The lowest BCUT2D eigenvalue weighted by molar-refractivity contribution is 0.0698. The topological polar surface area (TPSA) is 101 Å². The molecule has 0 saturated carbocycles. The lowest BCUT2D eigenvalue weighted by atomic mass is 10.1. The monoisotopic (exact) mass is 280 g/mol. The maximum absolute atomic E-state index is 11.1. The molecule has 104 valence electrons. The van der Waals surface area contributed by atoms with E-state index >= 15 is 0 Å². The van der Waals surface area contributed by atoms with Gasteiger partial charge in [-0.25, -0.2) is 9.78 Å². The summed E-state index contributed by atoms with van der Waals surface area (Å²) in [7, 11) is 0. The average molecular weight is 280 g/mol. The number of benzene rings is 1. The molecule has 0 aliphatic carbocycles. The maximum atomic E-state index is 11.1. The molecule has 0 unspecified atom stereocenters. The fourth-order valence-electron chi connectivity index (χ4n) is 2.12. The molecule has 0 atom stereocenters. The summed E-state index contributed by atoms with van der Waals surface area (Å²) in [5, 5.41) is 14.1. The molecule has 0 fully saturated rings. The molecule has 0 aliphatic heterocycles. The number of nitrogens with zero attached hydrogens (tertiary/aromatic N) is 2. The molecule has 0 spiro atoms. The van der Waals surface area contributed by atoms with Crippen LogP contribution < -0.4 is 11.1 Å². The standard InChI is InChI=1S/C15H12N4O2/c16-13-11(15(20)21)5-7-18-14(13)19-12-3-1-2-9-8-17-6-4-10(9)12/h1-8H,16H2,(H,18,19)(H,20,21). The Bertz CT molecular complexity index is 828. The Morgan fingerprint density at radius 1 is 1.19 bits per heavy atom. The molecular weight excluding hydrogens is 268 g/mol. The lowest BCUT2D eigenvalue weighted by Gasteiger charge is -2.12. The van der Waals surface area contributed by atoms with Gasteiger partial charge < -0.3 is 16.2 Å². The van der Waals surface area contributed by atoms with Crippen LogP contribution in [0.5, 0.6) is 0 Å². The number of hydrogen-bond acceptors (Lipinski definition) is 5. The van der Waals surface area contributed by atoms with Gasteiger partial charge in [0, 0.05) is 35.1 Å². The smallest absolute Gasteiger partial charge is 0.337 e. The highest BCUT2D eigenvalue weighted by Gasteiger charge is 2.13. The van der Waals surface area contributed by atoms with E-state index in [-0.39, 0.29) is 11.3 Å². The Hall–Kier alpha value is -3.15. The summed E-state index contributed by atoms with van der Waals surface area (Å²) in [6.45, 7) is 0. The van der Waals surface area contributed by atoms with Gasteiger partial charge in [-0.2, -0.15) is 0 Å². The molecule has 0 amide bonds. The van der Waals surface area contributed by atoms with Gasteiger partial charge in [0.25, 0.3) is 0 Å². The first-order valence-electron chi connectivity index (χ1n) is 6.24. The Kier molecular flexibility index (Phi) is 3.12. The highest BCUT2D eigenvalue weighted by molar-refractivity contribution is 5.99. The number of nitrogens with one attached hydrogen (secondary N) is 1. The van der Waals surface area contributed by atoms with Gasteiger partial charge in [-0.1, -0.05) is 12.1 Å². The van der Waals surface area contributed by atoms with E-state index in [1.54, 1.807) is 12.4 Å². The second-order valence-corrected chi connectivity index (χ2v) is 4.45. The maximum Gasteiger partial charge on any atom is 0.337 e. The van der Waals surface area contributed by atoms with Crippen LogP contribution in [0, 0.1) is 0 Å². The molecule has 2 aromatic heterocycles. The Balaban J connectivity index is 2.07. The van der Waals surface area contributed by atoms with Crippen LogP contribution >= 0.6 is 0 Å². The molecule has 0 saturated heterocycles. The molecule has 6 heteroatoms. The molecule has 0 bridgehead atoms. The quantitative estimate of drug-likeness (QED) is 0.681. The molecule has 4 N–H and O–H groups in total. The van der Waals surface area contributed by atoms with E-state index < -0.39 is 5.97 Å². The summed E-state index contributed by atoms with van der Waals surface area (Å²) in [6.07, 6.45) is 4.86. The van der Waals surface area contributed by atoms with E-state index in [1.165, 1.54) is 12.3 Å². The van der Waals surface area contributed by atoms with Crippen molar-refractivity contribution in [2.24, 2.45) is 0 Å².